The van der Waals surface area contributed by atoms with E-state index in [9.17, 15) is 18.0 Å². The van der Waals surface area contributed by atoms with Crippen LogP contribution in [0.1, 0.15) is 18.4 Å². The minimum absolute atomic E-state index is 0.0553. The van der Waals surface area contributed by atoms with E-state index in [1.165, 1.54) is 16.2 Å². The van der Waals surface area contributed by atoms with Crippen LogP contribution in [0.25, 0.3) is 11.1 Å². The fourth-order valence-corrected chi connectivity index (χ4v) is 4.41. The predicted molar refractivity (Wildman–Crippen MR) is 127 cm³/mol. The van der Waals surface area contributed by atoms with E-state index in [4.69, 9.17) is 10.5 Å². The molecule has 0 bridgehead atoms. The second-order valence-electron chi connectivity index (χ2n) is 7.79. The number of amides is 1. The largest absolute Gasteiger partial charge is 0.494 e. The Bertz CT molecular complexity index is 1240. The number of primary amides is 1. The van der Waals surface area contributed by atoms with Gasteiger partial charge in [-0.15, -0.1) is 0 Å². The molecular formula is C24H27N3O5S. The summed E-state index contributed by atoms with van der Waals surface area (Å²) in [5, 5.41) is -1.32. The zero-order valence-electron chi connectivity index (χ0n) is 18.4. The normalized spacial score (nSPS) is 12.3. The highest BCUT2D eigenvalue weighted by molar-refractivity contribution is 7.92. The Morgan fingerprint density at radius 3 is 2.52 bits per heavy atom. The number of carbonyl (C=O) groups excluding carboxylic acids is 1. The maximum atomic E-state index is 12.5. The number of rotatable bonds is 11. The number of carbonyl (C=O) groups is 1. The summed E-state index contributed by atoms with van der Waals surface area (Å²) in [6, 6.07) is 14.7. The molecule has 0 fully saturated rings. The van der Waals surface area contributed by atoms with E-state index >= 15 is 0 Å². The van der Waals surface area contributed by atoms with Crippen molar-refractivity contribution >= 4 is 15.7 Å². The van der Waals surface area contributed by atoms with Crippen molar-refractivity contribution in [2.75, 3.05) is 12.9 Å². The van der Waals surface area contributed by atoms with Gasteiger partial charge in [0.25, 0.3) is 5.56 Å². The van der Waals surface area contributed by atoms with Crippen molar-refractivity contribution in [3.05, 3.63) is 83.0 Å². The number of pyridine rings is 2. The van der Waals surface area contributed by atoms with Gasteiger partial charge in [0, 0.05) is 37.5 Å². The molecule has 174 valence electrons. The standard InChI is InChI=1S/C24H27N3O5S/c1-33(30,31)22(24(25)29)11-14-27-13-10-20(16-23(27)28)19-6-8-21(9-7-19)32-15-3-5-18-4-2-12-26-17-18/h2,4,6-10,12-13,16-17,22H,3,5,11,14-15H2,1H3,(H2,25,29). The Balaban J connectivity index is 1.57. The van der Waals surface area contributed by atoms with Gasteiger partial charge in [-0.25, -0.2) is 8.42 Å². The van der Waals surface area contributed by atoms with E-state index in [1.54, 1.807) is 18.5 Å². The Morgan fingerprint density at radius 2 is 1.91 bits per heavy atom. The summed E-state index contributed by atoms with van der Waals surface area (Å²) >= 11 is 0. The van der Waals surface area contributed by atoms with Gasteiger partial charge >= 0.3 is 0 Å². The van der Waals surface area contributed by atoms with Gasteiger partial charge < -0.3 is 15.0 Å². The van der Waals surface area contributed by atoms with Crippen molar-refractivity contribution in [1.29, 1.82) is 0 Å². The van der Waals surface area contributed by atoms with E-state index in [2.05, 4.69) is 4.98 Å². The fraction of sp³-hybridized carbons (Fsp3) is 0.292. The van der Waals surface area contributed by atoms with Crippen LogP contribution in [-0.4, -0.2) is 42.0 Å². The van der Waals surface area contributed by atoms with Crippen LogP contribution >= 0.6 is 0 Å². The molecule has 0 saturated heterocycles. The van der Waals surface area contributed by atoms with Crippen molar-refractivity contribution in [2.45, 2.75) is 31.1 Å². The molecule has 1 amide bonds. The van der Waals surface area contributed by atoms with Crippen LogP contribution < -0.4 is 16.0 Å². The molecule has 9 heteroatoms. The summed E-state index contributed by atoms with van der Waals surface area (Å²) in [6.45, 7) is 0.662. The number of hydrogen-bond donors (Lipinski definition) is 1. The fourth-order valence-electron chi connectivity index (χ4n) is 3.45. The van der Waals surface area contributed by atoms with Gasteiger partial charge in [0.15, 0.2) is 9.84 Å². The third kappa shape index (κ3) is 7.01. The topological polar surface area (TPSA) is 121 Å². The molecule has 0 saturated carbocycles. The SMILES string of the molecule is CS(=O)(=O)C(CCn1ccc(-c2ccc(OCCCc3cccnc3)cc2)cc1=O)C(N)=O. The Hall–Kier alpha value is -3.46. The molecule has 2 N–H and O–H groups in total. The third-order valence-corrected chi connectivity index (χ3v) is 6.75. The summed E-state index contributed by atoms with van der Waals surface area (Å²) in [5.74, 6) is -0.168. The van der Waals surface area contributed by atoms with Gasteiger partial charge in [-0.05, 0) is 60.2 Å². The smallest absolute Gasteiger partial charge is 0.251 e. The Morgan fingerprint density at radius 1 is 1.15 bits per heavy atom. The van der Waals surface area contributed by atoms with Crippen molar-refractivity contribution in [3.63, 3.8) is 0 Å². The van der Waals surface area contributed by atoms with Crippen LogP contribution in [-0.2, 0) is 27.6 Å². The zero-order valence-corrected chi connectivity index (χ0v) is 19.2. The highest BCUT2D eigenvalue weighted by Gasteiger charge is 2.26. The number of aryl methyl sites for hydroxylation is 2. The van der Waals surface area contributed by atoms with Gasteiger partial charge in [0.1, 0.15) is 11.0 Å². The summed E-state index contributed by atoms with van der Waals surface area (Å²) in [6.07, 6.45) is 7.87. The van der Waals surface area contributed by atoms with Crippen LogP contribution in [0.5, 0.6) is 5.75 Å². The van der Waals surface area contributed by atoms with Crippen LogP contribution in [0.3, 0.4) is 0 Å². The highest BCUT2D eigenvalue weighted by Crippen LogP contribution is 2.21. The first kappa shape index (κ1) is 24.2. The van der Waals surface area contributed by atoms with Gasteiger partial charge in [0.2, 0.25) is 5.91 Å². The predicted octanol–water partition coefficient (Wildman–Crippen LogP) is 2.21. The first-order chi connectivity index (χ1) is 15.7. The lowest BCUT2D eigenvalue weighted by atomic mass is 10.1. The van der Waals surface area contributed by atoms with Crippen LogP contribution in [0.2, 0.25) is 0 Å². The van der Waals surface area contributed by atoms with Crippen LogP contribution in [0, 0.1) is 0 Å². The molecule has 0 aliphatic rings. The lowest BCUT2D eigenvalue weighted by Gasteiger charge is -2.13. The molecular weight excluding hydrogens is 442 g/mol. The molecule has 0 aliphatic carbocycles. The molecule has 2 heterocycles. The van der Waals surface area contributed by atoms with Gasteiger partial charge in [-0.2, -0.15) is 0 Å². The molecule has 3 rings (SSSR count). The minimum atomic E-state index is -3.63. The molecule has 2 aromatic heterocycles. The molecule has 0 aliphatic heterocycles. The number of sulfone groups is 1. The minimum Gasteiger partial charge on any atom is -0.494 e. The van der Waals surface area contributed by atoms with E-state index in [-0.39, 0.29) is 18.5 Å². The summed E-state index contributed by atoms with van der Waals surface area (Å²) in [4.78, 5) is 28.0. The monoisotopic (exact) mass is 469 g/mol. The number of nitrogens with zero attached hydrogens (tertiary/aromatic N) is 2. The number of nitrogens with two attached hydrogens (primary N) is 1. The molecule has 0 spiro atoms. The molecule has 1 aromatic carbocycles. The van der Waals surface area contributed by atoms with Crippen LogP contribution in [0.4, 0.5) is 0 Å². The van der Waals surface area contributed by atoms with Crippen molar-refractivity contribution in [2.24, 2.45) is 5.73 Å². The average Bonchev–Trinajstić information content (AvgIpc) is 2.78. The molecule has 3 aromatic rings. The van der Waals surface area contributed by atoms with E-state index in [0.29, 0.717) is 6.61 Å². The van der Waals surface area contributed by atoms with Crippen molar-refractivity contribution < 1.29 is 17.9 Å². The van der Waals surface area contributed by atoms with Crippen molar-refractivity contribution in [1.82, 2.24) is 9.55 Å². The molecule has 1 unspecified atom stereocenters. The number of aromatic nitrogens is 2. The quantitative estimate of drug-likeness (QED) is 0.430. The summed E-state index contributed by atoms with van der Waals surface area (Å²) in [7, 11) is -3.63. The first-order valence-corrected chi connectivity index (χ1v) is 12.5. The van der Waals surface area contributed by atoms with E-state index in [1.807, 2.05) is 42.6 Å². The molecule has 33 heavy (non-hydrogen) atoms. The number of benzene rings is 1. The van der Waals surface area contributed by atoms with E-state index in [0.717, 1.165) is 36.0 Å². The first-order valence-electron chi connectivity index (χ1n) is 10.5. The molecule has 1 atom stereocenters. The number of hydrogen-bond acceptors (Lipinski definition) is 6. The van der Waals surface area contributed by atoms with Crippen molar-refractivity contribution in [3.8, 4) is 16.9 Å². The average molecular weight is 470 g/mol. The van der Waals surface area contributed by atoms with Gasteiger partial charge in [0.05, 0.1) is 6.61 Å². The third-order valence-electron chi connectivity index (χ3n) is 5.25. The Labute approximate surface area is 193 Å². The Kier molecular flexibility index (Phi) is 8.00. The lowest BCUT2D eigenvalue weighted by molar-refractivity contribution is -0.117. The van der Waals surface area contributed by atoms with E-state index < -0.39 is 21.0 Å². The second-order valence-corrected chi connectivity index (χ2v) is 10.0. The second kappa shape index (κ2) is 10.9. The maximum absolute atomic E-state index is 12.5. The zero-order chi connectivity index (χ0) is 23.8. The highest BCUT2D eigenvalue weighted by atomic mass is 32.2. The summed E-state index contributed by atoms with van der Waals surface area (Å²) in [5.41, 5.74) is 7.65. The molecule has 8 nitrogen and oxygen atoms in total. The molecule has 0 radical (unpaired) electrons. The lowest BCUT2D eigenvalue weighted by Crippen LogP contribution is -2.36. The maximum Gasteiger partial charge on any atom is 0.251 e. The number of ether oxygens (including phenoxy) is 1. The van der Waals surface area contributed by atoms with Gasteiger partial charge in [-0.3, -0.25) is 14.6 Å². The van der Waals surface area contributed by atoms with Gasteiger partial charge in [-0.1, -0.05) is 18.2 Å². The van der Waals surface area contributed by atoms with Crippen LogP contribution in [0.15, 0.2) is 71.9 Å². The summed E-state index contributed by atoms with van der Waals surface area (Å²) < 4.78 is 30.5.